The fourth-order valence-corrected chi connectivity index (χ4v) is 5.01. The van der Waals surface area contributed by atoms with Gasteiger partial charge in [-0.3, -0.25) is 4.79 Å². The molecule has 2 heterocycles. The smallest absolute Gasteiger partial charge is 0.266 e. The van der Waals surface area contributed by atoms with Crippen LogP contribution in [0.15, 0.2) is 94.4 Å². The van der Waals surface area contributed by atoms with Gasteiger partial charge in [-0.15, -0.1) is 0 Å². The largest absolute Gasteiger partial charge is 0.497 e. The van der Waals surface area contributed by atoms with Gasteiger partial charge in [0.1, 0.15) is 5.75 Å². The molecule has 180 valence electrons. The summed E-state index contributed by atoms with van der Waals surface area (Å²) in [6.07, 6.45) is 4.96. The number of nitrogens with zero attached hydrogens (tertiary/aromatic N) is 4. The van der Waals surface area contributed by atoms with Crippen LogP contribution in [0.4, 0.5) is 5.95 Å². The van der Waals surface area contributed by atoms with Crippen molar-refractivity contribution in [1.29, 1.82) is 0 Å². The molecule has 0 aliphatic carbocycles. The van der Waals surface area contributed by atoms with Gasteiger partial charge in [-0.2, -0.15) is 0 Å². The number of allylic oxidation sites excluding steroid dienone is 2. The first-order valence-electron chi connectivity index (χ1n) is 11.0. The molecule has 4 rings (SSSR count). The zero-order chi connectivity index (χ0) is 25.0. The standard InChI is InChI=1S/C26H26N4O4S/c1-19(2)13-16-29-24-11-10-23(17-21(24)7-12-25(29)31)35(32,33)30(26-27-14-4-15-28-26)18-20-5-8-22(34-3)9-6-20/h4-15,17H,16,18H2,1-3H3. The minimum atomic E-state index is -4.03. The van der Waals surface area contributed by atoms with Crippen LogP contribution in [0.2, 0.25) is 0 Å². The Morgan fingerprint density at radius 1 is 1.03 bits per heavy atom. The summed E-state index contributed by atoms with van der Waals surface area (Å²) in [6, 6.07) is 16.6. The van der Waals surface area contributed by atoms with Gasteiger partial charge in [0.15, 0.2) is 0 Å². The number of sulfonamides is 1. The second kappa shape index (κ2) is 10.1. The van der Waals surface area contributed by atoms with Gasteiger partial charge in [0.25, 0.3) is 15.6 Å². The third-order valence-electron chi connectivity index (χ3n) is 5.49. The number of aromatic nitrogens is 3. The van der Waals surface area contributed by atoms with E-state index in [4.69, 9.17) is 4.74 Å². The number of rotatable bonds is 8. The lowest BCUT2D eigenvalue weighted by molar-refractivity contribution is 0.414. The minimum Gasteiger partial charge on any atom is -0.497 e. The monoisotopic (exact) mass is 490 g/mol. The third kappa shape index (κ3) is 5.25. The summed E-state index contributed by atoms with van der Waals surface area (Å²) in [4.78, 5) is 20.9. The average molecular weight is 491 g/mol. The minimum absolute atomic E-state index is 0.0362. The van der Waals surface area contributed by atoms with E-state index >= 15 is 0 Å². The quantitative estimate of drug-likeness (QED) is 0.344. The molecule has 0 atom stereocenters. The molecule has 0 spiro atoms. The lowest BCUT2D eigenvalue weighted by Crippen LogP contribution is -2.32. The predicted molar refractivity (Wildman–Crippen MR) is 136 cm³/mol. The maximum absolute atomic E-state index is 13.8. The van der Waals surface area contributed by atoms with Gasteiger partial charge < -0.3 is 9.30 Å². The summed E-state index contributed by atoms with van der Waals surface area (Å²) in [5.74, 6) is 0.741. The van der Waals surface area contributed by atoms with E-state index < -0.39 is 10.0 Å². The van der Waals surface area contributed by atoms with Crippen molar-refractivity contribution in [3.8, 4) is 5.75 Å². The summed E-state index contributed by atoms with van der Waals surface area (Å²) in [5, 5.41) is 0.645. The fraction of sp³-hybridized carbons (Fsp3) is 0.192. The van der Waals surface area contributed by atoms with Crippen molar-refractivity contribution in [2.75, 3.05) is 11.4 Å². The maximum atomic E-state index is 13.8. The van der Waals surface area contributed by atoms with Gasteiger partial charge in [-0.05, 0) is 67.3 Å². The highest BCUT2D eigenvalue weighted by atomic mass is 32.2. The molecule has 0 bridgehead atoms. The molecule has 0 unspecified atom stereocenters. The zero-order valence-corrected chi connectivity index (χ0v) is 20.6. The molecule has 0 saturated carbocycles. The molecular formula is C26H26N4O4S. The Bertz CT molecular complexity index is 1530. The topological polar surface area (TPSA) is 94.4 Å². The van der Waals surface area contributed by atoms with Gasteiger partial charge in [0, 0.05) is 25.0 Å². The lowest BCUT2D eigenvalue weighted by Gasteiger charge is -2.23. The van der Waals surface area contributed by atoms with E-state index in [0.29, 0.717) is 23.2 Å². The number of ether oxygens (including phenoxy) is 1. The molecule has 0 amide bonds. The number of hydrogen-bond donors (Lipinski definition) is 0. The van der Waals surface area contributed by atoms with Crippen LogP contribution in [0.1, 0.15) is 19.4 Å². The Labute approximate surface area is 204 Å². The first kappa shape index (κ1) is 24.2. The second-order valence-electron chi connectivity index (χ2n) is 8.19. The van der Waals surface area contributed by atoms with E-state index in [1.165, 1.54) is 28.8 Å². The van der Waals surface area contributed by atoms with Crippen molar-refractivity contribution >= 4 is 26.9 Å². The highest BCUT2D eigenvalue weighted by molar-refractivity contribution is 7.92. The van der Waals surface area contributed by atoms with Crippen LogP contribution in [0.5, 0.6) is 5.75 Å². The van der Waals surface area contributed by atoms with Crippen LogP contribution in [0.3, 0.4) is 0 Å². The number of anilines is 1. The van der Waals surface area contributed by atoms with Crippen molar-refractivity contribution in [2.24, 2.45) is 0 Å². The van der Waals surface area contributed by atoms with Crippen molar-refractivity contribution < 1.29 is 13.2 Å². The first-order valence-corrected chi connectivity index (χ1v) is 12.4. The molecular weight excluding hydrogens is 464 g/mol. The first-order chi connectivity index (χ1) is 16.8. The molecule has 9 heteroatoms. The number of benzene rings is 2. The van der Waals surface area contributed by atoms with Crippen LogP contribution >= 0.6 is 0 Å². The van der Waals surface area contributed by atoms with Crippen LogP contribution in [0.25, 0.3) is 10.9 Å². The summed E-state index contributed by atoms with van der Waals surface area (Å²) in [7, 11) is -2.46. The number of hydrogen-bond acceptors (Lipinski definition) is 6. The van der Waals surface area contributed by atoms with E-state index in [1.54, 1.807) is 60.2 Å². The van der Waals surface area contributed by atoms with Gasteiger partial charge in [-0.1, -0.05) is 23.8 Å². The SMILES string of the molecule is COc1ccc(CN(c2ncccn2)S(=O)(=O)c2ccc3c(ccc(=O)n3CC=C(C)C)c2)cc1. The molecule has 4 aromatic rings. The molecule has 0 N–H and O–H groups in total. The average Bonchev–Trinajstić information content (AvgIpc) is 2.87. The van der Waals surface area contributed by atoms with Crippen LogP contribution < -0.4 is 14.6 Å². The molecule has 0 saturated heterocycles. The van der Waals surface area contributed by atoms with Gasteiger partial charge >= 0.3 is 0 Å². The van der Waals surface area contributed by atoms with E-state index in [0.717, 1.165) is 11.1 Å². The van der Waals surface area contributed by atoms with Crippen LogP contribution in [-0.2, 0) is 23.1 Å². The fourth-order valence-electron chi connectivity index (χ4n) is 3.61. The molecule has 35 heavy (non-hydrogen) atoms. The summed E-state index contributed by atoms with van der Waals surface area (Å²) < 4.78 is 35.6. The van der Waals surface area contributed by atoms with E-state index in [2.05, 4.69) is 9.97 Å². The Morgan fingerprint density at radius 3 is 2.40 bits per heavy atom. The number of pyridine rings is 1. The third-order valence-corrected chi connectivity index (χ3v) is 7.21. The predicted octanol–water partition coefficient (Wildman–Crippen LogP) is 4.16. The highest BCUT2D eigenvalue weighted by Gasteiger charge is 2.27. The van der Waals surface area contributed by atoms with Gasteiger partial charge in [-0.25, -0.2) is 22.7 Å². The molecule has 2 aromatic heterocycles. The van der Waals surface area contributed by atoms with Crippen LogP contribution in [-0.4, -0.2) is 30.1 Å². The molecule has 0 aliphatic heterocycles. The van der Waals surface area contributed by atoms with Crippen molar-refractivity contribution in [1.82, 2.24) is 14.5 Å². The van der Waals surface area contributed by atoms with E-state index in [-0.39, 0.29) is 22.9 Å². The molecule has 8 nitrogen and oxygen atoms in total. The van der Waals surface area contributed by atoms with Crippen molar-refractivity contribution in [3.63, 3.8) is 0 Å². The normalized spacial score (nSPS) is 11.3. The van der Waals surface area contributed by atoms with Crippen molar-refractivity contribution in [3.05, 3.63) is 101 Å². The lowest BCUT2D eigenvalue weighted by atomic mass is 10.2. The summed E-state index contributed by atoms with van der Waals surface area (Å²) in [5.41, 5.74) is 2.35. The molecule has 0 fully saturated rings. The van der Waals surface area contributed by atoms with E-state index in [1.807, 2.05) is 19.9 Å². The highest BCUT2D eigenvalue weighted by Crippen LogP contribution is 2.26. The molecule has 2 aromatic carbocycles. The van der Waals surface area contributed by atoms with Crippen LogP contribution in [0, 0.1) is 0 Å². The van der Waals surface area contributed by atoms with E-state index in [9.17, 15) is 13.2 Å². The zero-order valence-electron chi connectivity index (χ0n) is 19.7. The second-order valence-corrected chi connectivity index (χ2v) is 10.1. The van der Waals surface area contributed by atoms with Crippen molar-refractivity contribution in [2.45, 2.75) is 31.8 Å². The van der Waals surface area contributed by atoms with Gasteiger partial charge in [0.05, 0.1) is 24.1 Å². The van der Waals surface area contributed by atoms with Gasteiger partial charge in [0.2, 0.25) is 5.95 Å². The Balaban J connectivity index is 1.78. The molecule has 0 radical (unpaired) electrons. The number of fused-ring (bicyclic) bond motifs is 1. The molecule has 0 aliphatic rings. The Kier molecular flexibility index (Phi) is 6.97. The summed E-state index contributed by atoms with van der Waals surface area (Å²) in [6.45, 7) is 4.37. The Hall–Kier alpha value is -3.98. The maximum Gasteiger partial charge on any atom is 0.266 e. The summed E-state index contributed by atoms with van der Waals surface area (Å²) >= 11 is 0. The number of methoxy groups -OCH3 is 1. The Morgan fingerprint density at radius 2 is 1.74 bits per heavy atom.